The van der Waals surface area contributed by atoms with E-state index in [9.17, 15) is 8.76 Å². The van der Waals surface area contributed by atoms with E-state index in [2.05, 4.69) is 4.28 Å². The topological polar surface area (TPSA) is 53.2 Å². The summed E-state index contributed by atoms with van der Waals surface area (Å²) in [5.41, 5.74) is 0. The van der Waals surface area contributed by atoms with Gasteiger partial charge in [-0.05, 0) is 0 Å². The lowest BCUT2D eigenvalue weighted by atomic mass is 10.5. The third kappa shape index (κ3) is 3.92. The van der Waals surface area contributed by atoms with Gasteiger partial charge in [-0.25, -0.2) is 4.21 Å². The first-order chi connectivity index (χ1) is 4.79. The Morgan fingerprint density at radius 3 is 2.27 bits per heavy atom. The largest absolute Gasteiger partial charge is 1.00 e. The van der Waals surface area contributed by atoms with Crippen molar-refractivity contribution in [1.82, 2.24) is 0 Å². The van der Waals surface area contributed by atoms with E-state index in [-0.39, 0.29) is 12.4 Å². The van der Waals surface area contributed by atoms with Gasteiger partial charge in [-0.3, -0.25) is 0 Å². The zero-order chi connectivity index (χ0) is 7.40. The molecule has 1 aromatic rings. The smallest absolute Gasteiger partial charge is 0.224 e. The van der Waals surface area contributed by atoms with Crippen molar-refractivity contribution < 1.29 is 30.2 Å². The second-order valence-electron chi connectivity index (χ2n) is 1.51. The molecule has 4 nitrogen and oxygen atoms in total. The van der Waals surface area contributed by atoms with Crippen molar-refractivity contribution in [3.05, 3.63) is 30.6 Å². The lowest BCUT2D eigenvalue weighted by molar-refractivity contribution is -0.856. The molecule has 0 bridgehead atoms. The maximum Gasteiger partial charge on any atom is 0.224 e. The predicted octanol–water partition coefficient (Wildman–Crippen LogP) is -3.80. The summed E-state index contributed by atoms with van der Waals surface area (Å²) in [4.78, 5) is 0. The van der Waals surface area contributed by atoms with Gasteiger partial charge in [0.2, 0.25) is 23.8 Å². The van der Waals surface area contributed by atoms with E-state index in [1.807, 2.05) is 0 Å². The lowest BCUT2D eigenvalue weighted by Crippen LogP contribution is -3.00. The molecular weight excluding hydrogens is 190 g/mol. The third-order valence-corrected chi connectivity index (χ3v) is 1.13. The number of aromatic nitrogens is 1. The maximum atomic E-state index is 9.93. The first-order valence-electron chi connectivity index (χ1n) is 2.53. The van der Waals surface area contributed by atoms with Crippen LogP contribution in [0.15, 0.2) is 30.6 Å². The molecule has 0 saturated heterocycles. The van der Waals surface area contributed by atoms with Crippen molar-refractivity contribution in [2.24, 2.45) is 0 Å². The Balaban J connectivity index is 0.000001000. The van der Waals surface area contributed by atoms with Crippen LogP contribution in [0.3, 0.4) is 0 Å². The van der Waals surface area contributed by atoms with Crippen molar-refractivity contribution >= 4 is 11.4 Å². The number of pyridine rings is 1. The average Bonchev–Trinajstić information content (AvgIpc) is 1.88. The fourth-order valence-corrected chi connectivity index (χ4v) is 0.743. The Bertz CT molecular complexity index is 230. The highest BCUT2D eigenvalue weighted by atomic mass is 35.5. The van der Waals surface area contributed by atoms with Gasteiger partial charge in [0.05, 0.1) is 0 Å². The van der Waals surface area contributed by atoms with Gasteiger partial charge < -0.3 is 17.0 Å². The normalized spacial score (nSPS) is 11.4. The minimum Gasteiger partial charge on any atom is -1.00 e. The van der Waals surface area contributed by atoms with Gasteiger partial charge >= 0.3 is 0 Å². The van der Waals surface area contributed by atoms with Gasteiger partial charge in [0.25, 0.3) is 0 Å². The van der Waals surface area contributed by atoms with Gasteiger partial charge in [-0.15, -0.1) is 0 Å². The molecule has 0 aromatic carbocycles. The molecule has 0 amide bonds. The molecule has 0 N–H and O–H groups in total. The third-order valence-electron chi connectivity index (χ3n) is 0.835. The van der Waals surface area contributed by atoms with E-state index in [1.165, 1.54) is 12.4 Å². The minimum atomic E-state index is -2.50. The van der Waals surface area contributed by atoms with Crippen LogP contribution in [0.2, 0.25) is 0 Å². The van der Waals surface area contributed by atoms with Gasteiger partial charge in [0, 0.05) is 16.9 Å². The molecule has 1 rings (SSSR count). The van der Waals surface area contributed by atoms with E-state index >= 15 is 0 Å². The first-order valence-corrected chi connectivity index (χ1v) is 3.53. The summed E-state index contributed by atoms with van der Waals surface area (Å²) < 4.78 is 25.2. The Morgan fingerprint density at radius 2 is 1.82 bits per heavy atom. The molecule has 0 spiro atoms. The van der Waals surface area contributed by atoms with Gasteiger partial charge in [-0.1, -0.05) is 6.07 Å². The van der Waals surface area contributed by atoms with Crippen LogP contribution < -0.4 is 21.4 Å². The number of halogens is 1. The fourth-order valence-electron chi connectivity index (χ4n) is 0.503. The van der Waals surface area contributed by atoms with Crippen molar-refractivity contribution in [3.63, 3.8) is 0 Å². The first kappa shape index (κ1) is 10.3. The van der Waals surface area contributed by atoms with Crippen LogP contribution in [-0.4, -0.2) is 8.76 Å². The van der Waals surface area contributed by atoms with Gasteiger partial charge in [-0.2, -0.15) is 4.28 Å². The van der Waals surface area contributed by atoms with Crippen LogP contribution >= 0.6 is 0 Å². The molecule has 1 unspecified atom stereocenters. The number of nitrogens with zero attached hydrogens (tertiary/aromatic N) is 1. The molecule has 11 heavy (non-hydrogen) atoms. The Hall–Kier alpha value is -0.650. The van der Waals surface area contributed by atoms with Crippen LogP contribution in [-0.2, 0) is 11.4 Å². The molecule has 0 radical (unpaired) electrons. The summed E-state index contributed by atoms with van der Waals surface area (Å²) >= 11 is -2.50. The molecule has 1 aromatic heterocycles. The molecule has 0 aliphatic heterocycles. The number of hydrogen-bond donors (Lipinski definition) is 0. The molecule has 6 heteroatoms. The van der Waals surface area contributed by atoms with E-state index < -0.39 is 11.4 Å². The summed E-state index contributed by atoms with van der Waals surface area (Å²) in [6, 6.07) is 5.08. The molecule has 1 atom stereocenters. The second kappa shape index (κ2) is 5.06. The van der Waals surface area contributed by atoms with Crippen LogP contribution in [0.25, 0.3) is 0 Å². The second-order valence-corrected chi connectivity index (χ2v) is 2.07. The summed E-state index contributed by atoms with van der Waals surface area (Å²) in [5, 5.41) is 0. The maximum absolute atomic E-state index is 9.93. The summed E-state index contributed by atoms with van der Waals surface area (Å²) in [5.74, 6) is 0. The quantitative estimate of drug-likeness (QED) is 0.359. The number of hydrogen-bond acceptors (Lipinski definition) is 3. The van der Waals surface area contributed by atoms with E-state index in [1.54, 1.807) is 18.2 Å². The fraction of sp³-hybridized carbons (Fsp3) is 0. The highest BCUT2D eigenvalue weighted by molar-refractivity contribution is 7.74. The minimum absolute atomic E-state index is 0. The van der Waals surface area contributed by atoms with Crippen LogP contribution in [0, 0.1) is 0 Å². The zero-order valence-electron chi connectivity index (χ0n) is 5.34. The molecule has 1 heterocycles. The molecule has 0 aliphatic rings. The Kier molecular flexibility index (Phi) is 4.76. The van der Waals surface area contributed by atoms with Crippen molar-refractivity contribution in [3.8, 4) is 0 Å². The van der Waals surface area contributed by atoms with Gasteiger partial charge in [0.1, 0.15) is 0 Å². The van der Waals surface area contributed by atoms with Crippen LogP contribution in [0.1, 0.15) is 0 Å². The van der Waals surface area contributed by atoms with Crippen LogP contribution in [0.4, 0.5) is 0 Å². The predicted molar refractivity (Wildman–Crippen MR) is 32.1 cm³/mol. The van der Waals surface area contributed by atoms with Gasteiger partial charge in [0.15, 0.2) is 0 Å². The molecule has 0 fully saturated rings. The Labute approximate surface area is 72.7 Å². The van der Waals surface area contributed by atoms with Crippen molar-refractivity contribution in [2.45, 2.75) is 0 Å². The summed E-state index contributed by atoms with van der Waals surface area (Å²) in [6.45, 7) is 0. The molecular formula is C5H5ClNO3S-. The SMILES string of the molecule is O=S([O-])O[n+]1ccccc1.[Cl-]. The molecule has 0 aliphatic carbocycles. The average molecular weight is 195 g/mol. The highest BCUT2D eigenvalue weighted by Gasteiger charge is 1.95. The molecule has 62 valence electrons. The number of rotatable bonds is 2. The summed E-state index contributed by atoms with van der Waals surface area (Å²) in [7, 11) is 0. The standard InChI is InChI=1S/C5H5NO3S.ClH/c7-10(8)9-6-4-2-1-3-5-6;/h1-5H;1H/p-1. The Morgan fingerprint density at radius 1 is 1.27 bits per heavy atom. The monoisotopic (exact) mass is 194 g/mol. The van der Waals surface area contributed by atoms with E-state index in [0.29, 0.717) is 0 Å². The van der Waals surface area contributed by atoms with Crippen LogP contribution in [0.5, 0.6) is 0 Å². The van der Waals surface area contributed by atoms with Crippen molar-refractivity contribution in [1.29, 1.82) is 0 Å². The lowest BCUT2D eigenvalue weighted by Gasteiger charge is -1.96. The summed E-state index contributed by atoms with van der Waals surface area (Å²) in [6.07, 6.45) is 2.96. The van der Waals surface area contributed by atoms with E-state index in [4.69, 9.17) is 0 Å². The van der Waals surface area contributed by atoms with E-state index in [0.717, 1.165) is 4.73 Å². The molecule has 0 saturated carbocycles. The van der Waals surface area contributed by atoms with Crippen molar-refractivity contribution in [2.75, 3.05) is 0 Å². The zero-order valence-corrected chi connectivity index (χ0v) is 6.92. The highest BCUT2D eigenvalue weighted by Crippen LogP contribution is 1.74.